The van der Waals surface area contributed by atoms with Gasteiger partial charge in [0.25, 0.3) is 0 Å². The second kappa shape index (κ2) is 6.10. The van der Waals surface area contributed by atoms with E-state index in [4.69, 9.17) is 4.74 Å². The third-order valence-corrected chi connectivity index (χ3v) is 5.23. The zero-order chi connectivity index (χ0) is 15.6. The van der Waals surface area contributed by atoms with Crippen molar-refractivity contribution in [3.63, 3.8) is 0 Å². The van der Waals surface area contributed by atoms with E-state index >= 15 is 0 Å². The van der Waals surface area contributed by atoms with Gasteiger partial charge in [-0.15, -0.1) is 0 Å². The van der Waals surface area contributed by atoms with Crippen LogP contribution in [0, 0.1) is 0 Å². The number of benzene rings is 1. The largest absolute Gasteiger partial charge is 0.489 e. The second-order valence-corrected chi connectivity index (χ2v) is 7.19. The third kappa shape index (κ3) is 3.31. The van der Waals surface area contributed by atoms with E-state index < -0.39 is 10.0 Å². The molecular weight excluding hydrogens is 302 g/mol. The third-order valence-electron chi connectivity index (χ3n) is 3.78. The number of aryl methyl sites for hydroxylation is 1. The first-order valence-electron chi connectivity index (χ1n) is 7.27. The summed E-state index contributed by atoms with van der Waals surface area (Å²) in [7, 11) is -1.87. The molecule has 0 bridgehead atoms. The standard InChI is InChI=1S/C15H19N3O3S/c1-18-11-13(10-16-18)22(19,20)17-14-8-5-9-15(14)21-12-6-3-2-4-7-12/h2-4,6-7,10-11,14-15,17H,5,8-9H2,1H3. The van der Waals surface area contributed by atoms with Gasteiger partial charge < -0.3 is 4.74 Å². The minimum Gasteiger partial charge on any atom is -0.489 e. The molecule has 2 atom stereocenters. The smallest absolute Gasteiger partial charge is 0.244 e. The van der Waals surface area contributed by atoms with Crippen LogP contribution < -0.4 is 9.46 Å². The van der Waals surface area contributed by atoms with Crippen molar-refractivity contribution in [2.75, 3.05) is 0 Å². The van der Waals surface area contributed by atoms with E-state index in [1.807, 2.05) is 30.3 Å². The molecule has 0 spiro atoms. The zero-order valence-electron chi connectivity index (χ0n) is 12.3. The van der Waals surface area contributed by atoms with Crippen LogP contribution in [0.25, 0.3) is 0 Å². The maximum Gasteiger partial charge on any atom is 0.244 e. The van der Waals surface area contributed by atoms with Gasteiger partial charge in [-0.25, -0.2) is 13.1 Å². The first kappa shape index (κ1) is 15.1. The Hall–Kier alpha value is -1.86. The molecule has 1 aromatic carbocycles. The van der Waals surface area contributed by atoms with Crippen LogP contribution >= 0.6 is 0 Å². The first-order chi connectivity index (χ1) is 10.5. The van der Waals surface area contributed by atoms with Gasteiger partial charge in [0.2, 0.25) is 10.0 Å². The SMILES string of the molecule is Cn1cc(S(=O)(=O)NC2CCCC2Oc2ccccc2)cn1. The Morgan fingerprint density at radius 3 is 2.73 bits per heavy atom. The molecule has 1 aliphatic carbocycles. The van der Waals surface area contributed by atoms with Crippen molar-refractivity contribution in [2.45, 2.75) is 36.3 Å². The number of nitrogens with one attached hydrogen (secondary N) is 1. The number of hydrogen-bond acceptors (Lipinski definition) is 4. The molecular formula is C15H19N3O3S. The fourth-order valence-corrected chi connectivity index (χ4v) is 3.96. The number of nitrogens with zero attached hydrogens (tertiary/aromatic N) is 2. The van der Waals surface area contributed by atoms with E-state index in [2.05, 4.69) is 9.82 Å². The lowest BCUT2D eigenvalue weighted by molar-refractivity contribution is 0.185. The summed E-state index contributed by atoms with van der Waals surface area (Å²) in [6, 6.07) is 9.27. The van der Waals surface area contributed by atoms with Crippen LogP contribution in [-0.4, -0.2) is 30.3 Å². The van der Waals surface area contributed by atoms with Gasteiger partial charge in [-0.05, 0) is 31.4 Å². The van der Waals surface area contributed by atoms with E-state index in [9.17, 15) is 8.42 Å². The van der Waals surface area contributed by atoms with E-state index in [1.165, 1.54) is 17.1 Å². The highest BCUT2D eigenvalue weighted by Gasteiger charge is 2.33. The zero-order valence-corrected chi connectivity index (χ0v) is 13.2. The molecule has 0 radical (unpaired) electrons. The Balaban J connectivity index is 1.71. The summed E-state index contributed by atoms with van der Waals surface area (Å²) in [5, 5.41) is 3.91. The Bertz CT molecular complexity index is 728. The Kier molecular flexibility index (Phi) is 4.17. The van der Waals surface area contributed by atoms with E-state index in [1.54, 1.807) is 7.05 Å². The molecule has 118 valence electrons. The summed E-state index contributed by atoms with van der Waals surface area (Å²) < 4.78 is 34.9. The van der Waals surface area contributed by atoms with Crippen LogP contribution in [0.5, 0.6) is 5.75 Å². The molecule has 1 aliphatic rings. The van der Waals surface area contributed by atoms with Crippen LogP contribution in [0.3, 0.4) is 0 Å². The highest BCUT2D eigenvalue weighted by Crippen LogP contribution is 2.26. The molecule has 0 saturated heterocycles. The number of aromatic nitrogens is 2. The van der Waals surface area contributed by atoms with E-state index in [0.29, 0.717) is 0 Å². The fraction of sp³-hybridized carbons (Fsp3) is 0.400. The summed E-state index contributed by atoms with van der Waals surface area (Å²) in [5.74, 6) is 0.764. The molecule has 2 aromatic rings. The van der Waals surface area contributed by atoms with Crippen molar-refractivity contribution < 1.29 is 13.2 Å². The quantitative estimate of drug-likeness (QED) is 0.909. The minimum absolute atomic E-state index is 0.145. The van der Waals surface area contributed by atoms with E-state index in [-0.39, 0.29) is 17.0 Å². The van der Waals surface area contributed by atoms with Gasteiger partial charge in [0.05, 0.1) is 12.2 Å². The Labute approximate surface area is 130 Å². The molecule has 6 nitrogen and oxygen atoms in total. The van der Waals surface area contributed by atoms with Gasteiger partial charge in [0, 0.05) is 13.2 Å². The molecule has 0 amide bonds. The van der Waals surface area contributed by atoms with Crippen LogP contribution in [0.15, 0.2) is 47.6 Å². The molecule has 2 unspecified atom stereocenters. The Morgan fingerprint density at radius 2 is 2.05 bits per heavy atom. The molecule has 1 heterocycles. The van der Waals surface area contributed by atoms with Gasteiger partial charge in [0.1, 0.15) is 16.7 Å². The molecule has 1 aromatic heterocycles. The lowest BCUT2D eigenvalue weighted by atomic mass is 10.2. The lowest BCUT2D eigenvalue weighted by Gasteiger charge is -2.22. The Morgan fingerprint density at radius 1 is 1.27 bits per heavy atom. The number of rotatable bonds is 5. The first-order valence-corrected chi connectivity index (χ1v) is 8.75. The van der Waals surface area contributed by atoms with E-state index in [0.717, 1.165) is 25.0 Å². The molecule has 1 N–H and O–H groups in total. The highest BCUT2D eigenvalue weighted by atomic mass is 32.2. The summed E-state index contributed by atoms with van der Waals surface area (Å²) >= 11 is 0. The summed E-state index contributed by atoms with van der Waals surface area (Å²) in [4.78, 5) is 0.181. The topological polar surface area (TPSA) is 73.2 Å². The van der Waals surface area contributed by atoms with Gasteiger partial charge in [-0.3, -0.25) is 4.68 Å². The van der Waals surface area contributed by atoms with Crippen LogP contribution in [0.2, 0.25) is 0 Å². The predicted molar refractivity (Wildman–Crippen MR) is 82.0 cm³/mol. The molecule has 22 heavy (non-hydrogen) atoms. The van der Waals surface area contributed by atoms with Crippen molar-refractivity contribution in [3.8, 4) is 5.75 Å². The fourth-order valence-electron chi connectivity index (χ4n) is 2.68. The number of ether oxygens (including phenoxy) is 1. The lowest BCUT2D eigenvalue weighted by Crippen LogP contribution is -2.42. The molecule has 3 rings (SSSR count). The average molecular weight is 321 g/mol. The predicted octanol–water partition coefficient (Wildman–Crippen LogP) is 1.70. The van der Waals surface area contributed by atoms with Crippen molar-refractivity contribution in [2.24, 2.45) is 7.05 Å². The van der Waals surface area contributed by atoms with Crippen LogP contribution in [-0.2, 0) is 17.1 Å². The van der Waals surface area contributed by atoms with Gasteiger partial charge in [-0.1, -0.05) is 18.2 Å². The van der Waals surface area contributed by atoms with Gasteiger partial charge >= 0.3 is 0 Å². The molecule has 1 fully saturated rings. The summed E-state index contributed by atoms with van der Waals surface area (Å²) in [6.07, 6.45) is 5.26. The maximum absolute atomic E-state index is 12.4. The van der Waals surface area contributed by atoms with Gasteiger partial charge in [-0.2, -0.15) is 5.10 Å². The van der Waals surface area contributed by atoms with Crippen LogP contribution in [0.1, 0.15) is 19.3 Å². The summed E-state index contributed by atoms with van der Waals surface area (Å²) in [5.41, 5.74) is 0. The molecule has 7 heteroatoms. The number of para-hydroxylation sites is 1. The molecule has 0 aliphatic heterocycles. The normalized spacial score (nSPS) is 21.9. The van der Waals surface area contributed by atoms with Crippen molar-refractivity contribution >= 4 is 10.0 Å². The highest BCUT2D eigenvalue weighted by molar-refractivity contribution is 7.89. The molecule has 1 saturated carbocycles. The van der Waals surface area contributed by atoms with Gasteiger partial charge in [0.15, 0.2) is 0 Å². The summed E-state index contributed by atoms with van der Waals surface area (Å²) in [6.45, 7) is 0. The van der Waals surface area contributed by atoms with Crippen molar-refractivity contribution in [1.82, 2.24) is 14.5 Å². The van der Waals surface area contributed by atoms with Crippen LogP contribution in [0.4, 0.5) is 0 Å². The van der Waals surface area contributed by atoms with Crippen molar-refractivity contribution in [3.05, 3.63) is 42.7 Å². The second-order valence-electron chi connectivity index (χ2n) is 5.48. The maximum atomic E-state index is 12.4. The number of sulfonamides is 1. The van der Waals surface area contributed by atoms with Crippen molar-refractivity contribution in [1.29, 1.82) is 0 Å². The number of hydrogen-bond donors (Lipinski definition) is 1. The average Bonchev–Trinajstić information content (AvgIpc) is 3.10. The minimum atomic E-state index is -3.56. The monoisotopic (exact) mass is 321 g/mol.